The van der Waals surface area contributed by atoms with Crippen molar-refractivity contribution >= 4 is 17.8 Å². The van der Waals surface area contributed by atoms with Gasteiger partial charge in [-0.15, -0.1) is 0 Å². The van der Waals surface area contributed by atoms with Crippen LogP contribution in [0.25, 0.3) is 0 Å². The van der Waals surface area contributed by atoms with E-state index in [2.05, 4.69) is 67.8 Å². The molecule has 2 N–H and O–H groups in total. The highest BCUT2D eigenvalue weighted by Crippen LogP contribution is 2.19. The number of hydrogen-bond acceptors (Lipinski definition) is 4. The van der Waals surface area contributed by atoms with Crippen LogP contribution in [-0.2, 0) is 19.1 Å². The van der Waals surface area contributed by atoms with E-state index < -0.39 is 5.97 Å². The Morgan fingerprint density at radius 1 is 0.529 bits per heavy atom. The Labute approximate surface area is 314 Å². The predicted octanol–water partition coefficient (Wildman–Crippen LogP) is 13.1. The lowest BCUT2D eigenvalue weighted by Gasteiger charge is -2.18. The van der Waals surface area contributed by atoms with Crippen molar-refractivity contribution in [3.8, 4) is 0 Å². The number of carbonyl (C=O) groups is 3. The maximum absolute atomic E-state index is 12.7. The zero-order valence-corrected chi connectivity index (χ0v) is 33.2. The van der Waals surface area contributed by atoms with Crippen LogP contribution < -0.4 is 5.32 Å². The number of unbranched alkanes of at least 4 members (excludes halogenated alkanes) is 19. The highest BCUT2D eigenvalue weighted by atomic mass is 16.5. The molecule has 6 nitrogen and oxygen atoms in total. The molecular weight excluding hydrogens is 634 g/mol. The summed E-state index contributed by atoms with van der Waals surface area (Å²) in [5.41, 5.74) is 0. The number of ether oxygens (including phenoxy) is 1. The van der Waals surface area contributed by atoms with Crippen LogP contribution in [0, 0.1) is 0 Å². The van der Waals surface area contributed by atoms with E-state index in [0.717, 1.165) is 96.3 Å². The molecule has 1 unspecified atom stereocenters. The number of rotatable bonds is 38. The van der Waals surface area contributed by atoms with E-state index in [1.165, 1.54) is 83.5 Å². The number of carboxylic acid groups (broad SMARTS) is 1. The number of allylic oxidation sites excluding steroid dienone is 8. The van der Waals surface area contributed by atoms with Gasteiger partial charge in [-0.3, -0.25) is 14.4 Å². The van der Waals surface area contributed by atoms with Crippen LogP contribution in [0.15, 0.2) is 48.6 Å². The SMILES string of the molecule is CC/C=C\C/C=C\C/C=C\C/C=C\CCCCC(=O)OC(CCCCCCCCCCCCCCCC)CCCCCCCC(=O)NCC(=O)O. The Morgan fingerprint density at radius 2 is 0.961 bits per heavy atom. The monoisotopic (exact) mass is 714 g/mol. The minimum absolute atomic E-state index is 0.00551. The molecule has 0 saturated heterocycles. The molecule has 0 aliphatic heterocycles. The van der Waals surface area contributed by atoms with Gasteiger partial charge in [0.05, 0.1) is 0 Å². The largest absolute Gasteiger partial charge is 0.480 e. The average molecular weight is 714 g/mol. The first kappa shape index (κ1) is 48.4. The maximum Gasteiger partial charge on any atom is 0.322 e. The average Bonchev–Trinajstić information content (AvgIpc) is 3.11. The number of nitrogens with one attached hydrogen (secondary N) is 1. The molecule has 0 fully saturated rings. The zero-order chi connectivity index (χ0) is 37.3. The number of aliphatic carboxylic acids is 1. The molecule has 294 valence electrons. The molecule has 1 atom stereocenters. The van der Waals surface area contributed by atoms with Gasteiger partial charge < -0.3 is 15.2 Å². The molecule has 0 spiro atoms. The molecule has 0 aliphatic carbocycles. The van der Waals surface area contributed by atoms with Crippen molar-refractivity contribution in [1.82, 2.24) is 5.32 Å². The van der Waals surface area contributed by atoms with Gasteiger partial charge in [-0.25, -0.2) is 0 Å². The van der Waals surface area contributed by atoms with Gasteiger partial charge in [0.2, 0.25) is 5.91 Å². The summed E-state index contributed by atoms with van der Waals surface area (Å²) in [5.74, 6) is -1.27. The molecule has 0 heterocycles. The summed E-state index contributed by atoms with van der Waals surface area (Å²) in [4.78, 5) is 35.0. The van der Waals surface area contributed by atoms with E-state index in [1.54, 1.807) is 0 Å². The van der Waals surface area contributed by atoms with E-state index in [0.29, 0.717) is 12.8 Å². The number of carbonyl (C=O) groups excluding carboxylic acids is 2. The first-order valence-electron chi connectivity index (χ1n) is 21.3. The van der Waals surface area contributed by atoms with Crippen molar-refractivity contribution in [2.45, 2.75) is 213 Å². The standard InChI is InChI=1S/C45H79NO5/c1-3-5-7-9-11-13-15-17-19-21-23-25-27-32-36-40-45(50)51-42(38-34-30-28-31-35-39-43(47)46-41-44(48)49)37-33-29-26-24-22-20-18-16-14-12-10-8-6-4-2/h5,7,11,13,17,19,23,25,42H,3-4,6,8-10,12,14-16,18,20-22,24,26-41H2,1-2H3,(H,46,47)(H,48,49)/b7-5-,13-11-,19-17-,25-23-. The summed E-state index contributed by atoms with van der Waals surface area (Å²) in [6.07, 6.45) is 50.9. The Morgan fingerprint density at radius 3 is 1.45 bits per heavy atom. The Kier molecular flexibility index (Phi) is 38.1. The second-order valence-corrected chi connectivity index (χ2v) is 14.2. The quantitative estimate of drug-likeness (QED) is 0.0377. The smallest absolute Gasteiger partial charge is 0.322 e. The second-order valence-electron chi connectivity index (χ2n) is 14.2. The molecule has 1 amide bonds. The van der Waals surface area contributed by atoms with Crippen LogP contribution in [0.1, 0.15) is 206 Å². The molecular formula is C45H79NO5. The van der Waals surface area contributed by atoms with Crippen molar-refractivity contribution in [3.63, 3.8) is 0 Å². The van der Waals surface area contributed by atoms with Crippen LogP contribution in [-0.4, -0.2) is 35.6 Å². The fourth-order valence-electron chi connectivity index (χ4n) is 6.15. The van der Waals surface area contributed by atoms with Gasteiger partial charge in [-0.1, -0.05) is 165 Å². The minimum atomic E-state index is -1.02. The van der Waals surface area contributed by atoms with E-state index in [-0.39, 0.29) is 24.5 Å². The molecule has 0 radical (unpaired) electrons. The van der Waals surface area contributed by atoms with Crippen molar-refractivity contribution in [2.24, 2.45) is 0 Å². The number of hydrogen-bond donors (Lipinski definition) is 2. The van der Waals surface area contributed by atoms with Gasteiger partial charge in [0, 0.05) is 12.8 Å². The molecule has 0 aromatic heterocycles. The third-order valence-electron chi connectivity index (χ3n) is 9.27. The van der Waals surface area contributed by atoms with Crippen molar-refractivity contribution in [2.75, 3.05) is 6.54 Å². The summed E-state index contributed by atoms with van der Waals surface area (Å²) < 4.78 is 6.01. The minimum Gasteiger partial charge on any atom is -0.480 e. The zero-order valence-electron chi connectivity index (χ0n) is 33.2. The molecule has 0 aliphatic rings. The maximum atomic E-state index is 12.7. The molecule has 0 saturated carbocycles. The van der Waals surface area contributed by atoms with Crippen molar-refractivity contribution in [3.05, 3.63) is 48.6 Å². The van der Waals surface area contributed by atoms with Crippen LogP contribution in [0.5, 0.6) is 0 Å². The molecule has 0 bridgehead atoms. The lowest BCUT2D eigenvalue weighted by atomic mass is 10.0. The van der Waals surface area contributed by atoms with Gasteiger partial charge in [0.1, 0.15) is 12.6 Å². The van der Waals surface area contributed by atoms with Gasteiger partial charge in [0.15, 0.2) is 0 Å². The summed E-state index contributed by atoms with van der Waals surface area (Å²) in [6, 6.07) is 0. The Balaban J connectivity index is 4.26. The third kappa shape index (κ3) is 40.0. The van der Waals surface area contributed by atoms with Crippen LogP contribution in [0.4, 0.5) is 0 Å². The lowest BCUT2D eigenvalue weighted by molar-refractivity contribution is -0.150. The van der Waals surface area contributed by atoms with E-state index >= 15 is 0 Å². The van der Waals surface area contributed by atoms with Crippen LogP contribution >= 0.6 is 0 Å². The van der Waals surface area contributed by atoms with Gasteiger partial charge in [0.25, 0.3) is 0 Å². The summed E-state index contributed by atoms with van der Waals surface area (Å²) in [7, 11) is 0. The van der Waals surface area contributed by atoms with Crippen LogP contribution in [0.3, 0.4) is 0 Å². The van der Waals surface area contributed by atoms with Gasteiger partial charge >= 0.3 is 11.9 Å². The van der Waals surface area contributed by atoms with E-state index in [4.69, 9.17) is 9.84 Å². The topological polar surface area (TPSA) is 92.7 Å². The number of amides is 1. The summed E-state index contributed by atoms with van der Waals surface area (Å²) >= 11 is 0. The Bertz CT molecular complexity index is 922. The lowest BCUT2D eigenvalue weighted by Crippen LogP contribution is -2.28. The van der Waals surface area contributed by atoms with Crippen LogP contribution in [0.2, 0.25) is 0 Å². The van der Waals surface area contributed by atoms with E-state index in [9.17, 15) is 14.4 Å². The first-order chi connectivity index (χ1) is 25.0. The molecule has 0 aromatic rings. The second kappa shape index (κ2) is 40.1. The number of carboxylic acids is 1. The molecule has 6 heteroatoms. The number of esters is 1. The molecule has 0 aromatic carbocycles. The normalized spacial score (nSPS) is 12.5. The predicted molar refractivity (Wildman–Crippen MR) is 217 cm³/mol. The highest BCUT2D eigenvalue weighted by Gasteiger charge is 2.14. The van der Waals surface area contributed by atoms with Crippen molar-refractivity contribution < 1.29 is 24.2 Å². The van der Waals surface area contributed by atoms with Gasteiger partial charge in [-0.2, -0.15) is 0 Å². The highest BCUT2D eigenvalue weighted by molar-refractivity contribution is 5.80. The molecule has 51 heavy (non-hydrogen) atoms. The fourth-order valence-corrected chi connectivity index (χ4v) is 6.15. The summed E-state index contributed by atoms with van der Waals surface area (Å²) in [6.45, 7) is 4.11. The molecule has 0 rings (SSSR count). The van der Waals surface area contributed by atoms with Gasteiger partial charge in [-0.05, 0) is 77.0 Å². The summed E-state index contributed by atoms with van der Waals surface area (Å²) in [5, 5.41) is 11.1. The van der Waals surface area contributed by atoms with Crippen molar-refractivity contribution in [1.29, 1.82) is 0 Å². The third-order valence-corrected chi connectivity index (χ3v) is 9.27. The first-order valence-corrected chi connectivity index (χ1v) is 21.3. The fraction of sp³-hybridized carbons (Fsp3) is 0.756. The van der Waals surface area contributed by atoms with E-state index in [1.807, 2.05) is 0 Å². The Hall–Kier alpha value is -2.63.